The van der Waals surface area contributed by atoms with Crippen molar-refractivity contribution in [1.82, 2.24) is 19.4 Å². The number of rotatable bonds is 11. The summed E-state index contributed by atoms with van der Waals surface area (Å²) in [5.74, 6) is 0.507. The molecule has 3 N–H and O–H groups in total. The number of carbonyl (C=O) groups excluding carboxylic acids is 3. The van der Waals surface area contributed by atoms with Gasteiger partial charge < -0.3 is 15.4 Å². The average molecular weight is 581 g/mol. The van der Waals surface area contributed by atoms with Crippen LogP contribution in [0.5, 0.6) is 5.88 Å². The summed E-state index contributed by atoms with van der Waals surface area (Å²) in [4.78, 5) is 47.6. The van der Waals surface area contributed by atoms with Gasteiger partial charge in [-0.2, -0.15) is 0 Å². The Morgan fingerprint density at radius 2 is 1.70 bits per heavy atom. The van der Waals surface area contributed by atoms with Crippen LogP contribution in [0.3, 0.4) is 0 Å². The van der Waals surface area contributed by atoms with Gasteiger partial charge in [-0.3, -0.25) is 19.5 Å². The lowest BCUT2D eigenvalue weighted by molar-refractivity contribution is -0.132. The number of hydrogen-bond acceptors (Lipinski definition) is 6. The third-order valence-corrected chi connectivity index (χ3v) is 7.45. The molecule has 4 aromatic rings. The topological polar surface area (TPSA) is 132 Å². The lowest BCUT2D eigenvalue weighted by Crippen LogP contribution is -2.35. The molecule has 0 atom stereocenters. The number of benzene rings is 2. The summed E-state index contributed by atoms with van der Waals surface area (Å²) in [6.07, 6.45) is 10.1. The average Bonchev–Trinajstić information content (AvgIpc) is 3.44. The molecule has 0 aliphatic carbocycles. The van der Waals surface area contributed by atoms with E-state index in [1.54, 1.807) is 30.5 Å². The number of carbonyl (C=O) groups is 3. The van der Waals surface area contributed by atoms with Gasteiger partial charge >= 0.3 is 6.09 Å². The minimum absolute atomic E-state index is 0.0969. The van der Waals surface area contributed by atoms with Crippen LogP contribution in [-0.2, 0) is 11.2 Å². The van der Waals surface area contributed by atoms with Crippen LogP contribution < -0.4 is 15.8 Å². The van der Waals surface area contributed by atoms with Crippen LogP contribution in [0, 0.1) is 0 Å². The number of nitrogens with two attached hydrogens (primary N) is 1. The number of aromatic nitrogens is 3. The Morgan fingerprint density at radius 1 is 0.884 bits per heavy atom. The fourth-order valence-corrected chi connectivity index (χ4v) is 5.21. The van der Waals surface area contributed by atoms with E-state index < -0.39 is 6.09 Å². The molecule has 5 rings (SSSR count). The number of anilines is 1. The fourth-order valence-electron chi connectivity index (χ4n) is 5.21. The number of imidazole rings is 1. The van der Waals surface area contributed by atoms with Gasteiger partial charge in [0.1, 0.15) is 0 Å². The number of nitrogens with zero attached hydrogens (tertiary/aromatic N) is 4. The van der Waals surface area contributed by atoms with Crippen LogP contribution >= 0.6 is 0 Å². The molecule has 3 amide bonds. The number of pyridine rings is 1. The zero-order valence-corrected chi connectivity index (χ0v) is 24.1. The Labute approximate surface area is 250 Å². The van der Waals surface area contributed by atoms with Crippen LogP contribution in [0.1, 0.15) is 61.0 Å². The number of likely N-dealkylation sites (tertiary alicyclic amines) is 1. The highest BCUT2D eigenvalue weighted by molar-refractivity contribution is 6.04. The van der Waals surface area contributed by atoms with Gasteiger partial charge in [0.15, 0.2) is 0 Å². The Kier molecular flexibility index (Phi) is 9.78. The molecule has 2 aromatic heterocycles. The van der Waals surface area contributed by atoms with Crippen molar-refractivity contribution in [3.8, 4) is 22.7 Å². The molecular formula is C33H36N6O4. The van der Waals surface area contributed by atoms with Gasteiger partial charge in [-0.1, -0.05) is 36.8 Å². The van der Waals surface area contributed by atoms with Crippen LogP contribution in [0.2, 0.25) is 0 Å². The third kappa shape index (κ3) is 8.06. The highest BCUT2D eigenvalue weighted by Crippen LogP contribution is 2.23. The Morgan fingerprint density at radius 3 is 2.44 bits per heavy atom. The molecular weight excluding hydrogens is 544 g/mol. The highest BCUT2D eigenvalue weighted by Gasteiger charge is 2.17. The van der Waals surface area contributed by atoms with Gasteiger partial charge in [-0.05, 0) is 74.4 Å². The van der Waals surface area contributed by atoms with Crippen molar-refractivity contribution in [2.75, 3.05) is 18.4 Å². The van der Waals surface area contributed by atoms with E-state index in [0.717, 1.165) is 74.1 Å². The molecule has 0 saturated carbocycles. The molecule has 43 heavy (non-hydrogen) atoms. The number of primary amides is 1. The highest BCUT2D eigenvalue weighted by atomic mass is 16.6. The van der Waals surface area contributed by atoms with E-state index in [2.05, 4.69) is 10.3 Å². The van der Waals surface area contributed by atoms with Crippen LogP contribution in [0.25, 0.3) is 16.8 Å². The van der Waals surface area contributed by atoms with Crippen molar-refractivity contribution < 1.29 is 19.1 Å². The molecule has 2 aromatic carbocycles. The van der Waals surface area contributed by atoms with Crippen molar-refractivity contribution in [3.05, 3.63) is 90.4 Å². The smallest absolute Gasteiger partial charge is 0.391 e. The first-order chi connectivity index (χ1) is 21.0. The van der Waals surface area contributed by atoms with E-state index in [1.165, 1.54) is 12.5 Å². The maximum absolute atomic E-state index is 13.4. The number of unbranched alkanes of at least 4 members (excludes halogenated alkanes) is 2. The zero-order chi connectivity index (χ0) is 30.0. The van der Waals surface area contributed by atoms with E-state index in [0.29, 0.717) is 17.9 Å². The molecule has 3 heterocycles. The van der Waals surface area contributed by atoms with Crippen molar-refractivity contribution in [1.29, 1.82) is 0 Å². The van der Waals surface area contributed by atoms with Crippen LogP contribution in [-0.4, -0.2) is 50.4 Å². The molecule has 0 spiro atoms. The number of para-hydroxylation sites is 1. The first-order valence-electron chi connectivity index (χ1n) is 14.7. The Hall–Kier alpha value is -4.99. The molecule has 1 saturated heterocycles. The maximum atomic E-state index is 13.4. The van der Waals surface area contributed by atoms with Crippen molar-refractivity contribution in [3.63, 3.8) is 0 Å². The van der Waals surface area contributed by atoms with Crippen LogP contribution in [0.15, 0.2) is 79.1 Å². The van der Waals surface area contributed by atoms with Crippen LogP contribution in [0.4, 0.5) is 10.7 Å². The number of piperidine rings is 1. The van der Waals surface area contributed by atoms with Gasteiger partial charge in [0, 0.05) is 54.8 Å². The molecule has 0 radical (unpaired) electrons. The second-order valence-corrected chi connectivity index (χ2v) is 10.6. The first-order valence-corrected chi connectivity index (χ1v) is 14.7. The number of amides is 3. The molecule has 1 fully saturated rings. The quantitative estimate of drug-likeness (QED) is 0.217. The summed E-state index contributed by atoms with van der Waals surface area (Å²) in [5.41, 5.74) is 8.79. The normalized spacial score (nSPS) is 13.0. The molecule has 10 nitrogen and oxygen atoms in total. The minimum atomic E-state index is -0.935. The second kappa shape index (κ2) is 14.3. The van der Waals surface area contributed by atoms with E-state index >= 15 is 0 Å². The van der Waals surface area contributed by atoms with Gasteiger partial charge in [0.2, 0.25) is 17.7 Å². The predicted octanol–water partition coefficient (Wildman–Crippen LogP) is 5.76. The number of aryl methyl sites for hydroxylation is 1. The lowest BCUT2D eigenvalue weighted by Gasteiger charge is -2.26. The molecule has 1 aliphatic rings. The predicted molar refractivity (Wildman–Crippen MR) is 164 cm³/mol. The van der Waals surface area contributed by atoms with E-state index in [1.807, 2.05) is 52.1 Å². The van der Waals surface area contributed by atoms with Gasteiger partial charge in [-0.15, -0.1) is 0 Å². The van der Waals surface area contributed by atoms with Crippen molar-refractivity contribution in [2.45, 2.75) is 51.4 Å². The summed E-state index contributed by atoms with van der Waals surface area (Å²) >= 11 is 0. The molecule has 0 unspecified atom stereocenters. The summed E-state index contributed by atoms with van der Waals surface area (Å²) in [7, 11) is 0. The molecule has 1 aliphatic heterocycles. The molecule has 10 heteroatoms. The number of ether oxygens (including phenoxy) is 1. The van der Waals surface area contributed by atoms with Gasteiger partial charge in [0.25, 0.3) is 5.91 Å². The minimum Gasteiger partial charge on any atom is -0.391 e. The van der Waals surface area contributed by atoms with Crippen molar-refractivity contribution in [2.24, 2.45) is 5.73 Å². The standard InChI is InChI=1S/C33H36N6O4/c34-32(42)43-29-18-17-26(22-35-29)24-11-10-12-25(21-24)31(41)37-33-36-27(23-39(33)28-14-5-2-6-15-28)13-4-1-7-16-30(40)38-19-8-3-9-20-38/h2,5-6,10-12,14-15,17-18,21-23H,1,3-4,7-9,13,16,19-20H2,(H2,34,42)(H,36,37,41). The summed E-state index contributed by atoms with van der Waals surface area (Å²) in [6.45, 7) is 1.79. The monoisotopic (exact) mass is 580 g/mol. The lowest BCUT2D eigenvalue weighted by atomic mass is 10.0. The van der Waals surface area contributed by atoms with E-state index in [4.69, 9.17) is 15.5 Å². The molecule has 0 bridgehead atoms. The largest absolute Gasteiger partial charge is 0.411 e. The van der Waals surface area contributed by atoms with Gasteiger partial charge in [-0.25, -0.2) is 14.8 Å². The number of hydrogen-bond donors (Lipinski definition) is 2. The first kappa shape index (κ1) is 29.5. The molecule has 222 valence electrons. The Balaban J connectivity index is 1.23. The van der Waals surface area contributed by atoms with Crippen molar-refractivity contribution >= 4 is 23.9 Å². The van der Waals surface area contributed by atoms with E-state index in [9.17, 15) is 14.4 Å². The second-order valence-electron chi connectivity index (χ2n) is 10.6. The third-order valence-electron chi connectivity index (χ3n) is 7.45. The fraction of sp³-hybridized carbons (Fsp3) is 0.303. The maximum Gasteiger partial charge on any atom is 0.411 e. The Bertz CT molecular complexity index is 1550. The number of nitrogens with one attached hydrogen (secondary N) is 1. The van der Waals surface area contributed by atoms with Gasteiger partial charge in [0.05, 0.1) is 5.69 Å². The van der Waals surface area contributed by atoms with E-state index in [-0.39, 0.29) is 17.7 Å². The SMILES string of the molecule is NC(=O)Oc1ccc(-c2cccc(C(=O)Nc3nc(CCCCCC(=O)N4CCCCC4)cn3-c3ccccc3)c2)cn1. The summed E-state index contributed by atoms with van der Waals surface area (Å²) in [5, 5.41) is 2.98. The zero-order valence-electron chi connectivity index (χ0n) is 24.1. The summed E-state index contributed by atoms with van der Waals surface area (Å²) in [6, 6.07) is 20.2. The summed E-state index contributed by atoms with van der Waals surface area (Å²) < 4.78 is 6.68.